The van der Waals surface area contributed by atoms with Gasteiger partial charge in [-0.15, -0.1) is 5.10 Å². The number of carbonyl (C=O) groups excluding carboxylic acids is 2. The van der Waals surface area contributed by atoms with Crippen molar-refractivity contribution in [2.24, 2.45) is 5.73 Å². The molecule has 2 aliphatic rings. The van der Waals surface area contributed by atoms with Gasteiger partial charge in [0.1, 0.15) is 37.9 Å². The van der Waals surface area contributed by atoms with Gasteiger partial charge in [-0.2, -0.15) is 0 Å². The summed E-state index contributed by atoms with van der Waals surface area (Å²) in [7, 11) is 1.59. The van der Waals surface area contributed by atoms with Crippen molar-refractivity contribution in [1.29, 1.82) is 0 Å². The van der Waals surface area contributed by atoms with E-state index in [9.17, 15) is 9.59 Å². The summed E-state index contributed by atoms with van der Waals surface area (Å²) in [6, 6.07) is 9.41. The number of esters is 1. The van der Waals surface area contributed by atoms with E-state index < -0.39 is 42.7 Å². The Hall–Kier alpha value is -2.94. The molecule has 0 saturated carbocycles. The first-order chi connectivity index (χ1) is 17.1. The first-order valence-corrected chi connectivity index (χ1v) is 11.1. The number of nitrogens with zero attached hydrogens (tertiary/aromatic N) is 3. The van der Waals surface area contributed by atoms with Gasteiger partial charge in [-0.25, -0.2) is 14.5 Å². The molecule has 13 nitrogen and oxygen atoms in total. The smallest absolute Gasteiger partial charge is 0.332 e. The van der Waals surface area contributed by atoms with Crippen LogP contribution < -0.4 is 5.73 Å². The van der Waals surface area contributed by atoms with Crippen LogP contribution in [0.2, 0.25) is 0 Å². The maximum atomic E-state index is 12.1. The summed E-state index contributed by atoms with van der Waals surface area (Å²) in [5, 5.41) is 4.08. The molecule has 2 saturated heterocycles. The quantitative estimate of drug-likeness (QED) is 0.296. The summed E-state index contributed by atoms with van der Waals surface area (Å²) < 4.78 is 40.4. The Morgan fingerprint density at radius 2 is 1.77 bits per heavy atom. The van der Waals surface area contributed by atoms with E-state index in [1.807, 2.05) is 30.3 Å². The van der Waals surface area contributed by atoms with Gasteiger partial charge in [-0.1, -0.05) is 30.3 Å². The zero-order valence-corrected chi connectivity index (χ0v) is 19.2. The highest BCUT2D eigenvalue weighted by Gasteiger charge is 2.54. The standard InChI is InChI=1S/C22H28N4O9/c1-29-7-8-30-9-10-31-12-16(27)32-11-15-17-18(35-22(34-17)14-5-3-2-4-6-14)21(33-15)26-13-24-20(25-26)19(23)28/h2-6,13,15,17-18,21-22H,7-12H2,1H3,(H2,23,28)/t15-,17?,18-,21-,22?/m1/s1. The van der Waals surface area contributed by atoms with E-state index in [-0.39, 0.29) is 25.6 Å². The number of primary amides is 1. The second kappa shape index (κ2) is 12.2. The van der Waals surface area contributed by atoms with E-state index in [4.69, 9.17) is 38.9 Å². The van der Waals surface area contributed by atoms with Gasteiger partial charge in [-0.05, 0) is 0 Å². The monoisotopic (exact) mass is 492 g/mol. The van der Waals surface area contributed by atoms with E-state index in [2.05, 4.69) is 10.1 Å². The number of amides is 1. The van der Waals surface area contributed by atoms with E-state index in [0.29, 0.717) is 19.8 Å². The molecule has 1 aromatic heterocycles. The van der Waals surface area contributed by atoms with Crippen LogP contribution >= 0.6 is 0 Å². The molecular weight excluding hydrogens is 464 g/mol. The molecule has 2 aromatic rings. The molecule has 1 amide bonds. The van der Waals surface area contributed by atoms with Gasteiger partial charge in [-0.3, -0.25) is 4.79 Å². The Morgan fingerprint density at radius 3 is 2.51 bits per heavy atom. The molecule has 4 rings (SSSR count). The lowest BCUT2D eigenvalue weighted by Gasteiger charge is -2.20. The van der Waals surface area contributed by atoms with E-state index >= 15 is 0 Å². The van der Waals surface area contributed by atoms with Crippen LogP contribution in [0.25, 0.3) is 0 Å². The van der Waals surface area contributed by atoms with Crippen LogP contribution in [-0.4, -0.2) is 91.7 Å². The largest absolute Gasteiger partial charge is 0.461 e. The number of ether oxygens (including phenoxy) is 7. The number of aromatic nitrogens is 3. The maximum absolute atomic E-state index is 12.1. The van der Waals surface area contributed by atoms with Gasteiger partial charge in [0.05, 0.1) is 26.4 Å². The fraction of sp³-hybridized carbons (Fsp3) is 0.545. The van der Waals surface area contributed by atoms with Crippen LogP contribution in [0.4, 0.5) is 0 Å². The number of benzene rings is 1. The average Bonchev–Trinajstić information content (AvgIpc) is 3.58. The fourth-order valence-electron chi connectivity index (χ4n) is 3.69. The summed E-state index contributed by atoms with van der Waals surface area (Å²) in [6.07, 6.45) is -1.88. The second-order valence-electron chi connectivity index (χ2n) is 7.76. The predicted molar refractivity (Wildman–Crippen MR) is 116 cm³/mol. The summed E-state index contributed by atoms with van der Waals surface area (Å²) in [6.45, 7) is 1.20. The number of methoxy groups -OCH3 is 1. The molecule has 190 valence electrons. The molecule has 0 radical (unpaired) electrons. The van der Waals surface area contributed by atoms with Crippen LogP contribution in [0.15, 0.2) is 36.7 Å². The van der Waals surface area contributed by atoms with E-state index in [1.54, 1.807) is 7.11 Å². The highest BCUT2D eigenvalue weighted by Crippen LogP contribution is 2.43. The van der Waals surface area contributed by atoms with Crippen molar-refractivity contribution >= 4 is 11.9 Å². The van der Waals surface area contributed by atoms with Crippen molar-refractivity contribution < 1.29 is 42.7 Å². The fourth-order valence-corrected chi connectivity index (χ4v) is 3.69. The van der Waals surface area contributed by atoms with E-state index in [1.165, 1.54) is 11.0 Å². The molecule has 2 fully saturated rings. The van der Waals surface area contributed by atoms with Gasteiger partial charge in [0.15, 0.2) is 12.5 Å². The van der Waals surface area contributed by atoms with Crippen molar-refractivity contribution in [2.45, 2.75) is 30.8 Å². The molecule has 13 heteroatoms. The Kier molecular flexibility index (Phi) is 8.74. The molecule has 35 heavy (non-hydrogen) atoms. The highest BCUT2D eigenvalue weighted by molar-refractivity contribution is 5.88. The number of fused-ring (bicyclic) bond motifs is 1. The molecule has 1 aromatic carbocycles. The lowest BCUT2D eigenvalue weighted by atomic mass is 10.1. The molecule has 3 heterocycles. The topological polar surface area (TPSA) is 155 Å². The van der Waals surface area contributed by atoms with Crippen molar-refractivity contribution in [1.82, 2.24) is 14.8 Å². The minimum absolute atomic E-state index is 0.0908. The van der Waals surface area contributed by atoms with Crippen molar-refractivity contribution in [3.63, 3.8) is 0 Å². The highest BCUT2D eigenvalue weighted by atomic mass is 16.8. The Labute approximate surface area is 201 Å². The van der Waals surface area contributed by atoms with Gasteiger partial charge in [0, 0.05) is 12.7 Å². The molecule has 2 aliphatic heterocycles. The number of rotatable bonds is 13. The number of nitrogens with two attached hydrogens (primary N) is 1. The third-order valence-corrected chi connectivity index (χ3v) is 5.34. The normalized spacial score (nSPS) is 25.5. The molecule has 0 spiro atoms. The Bertz CT molecular complexity index is 973. The minimum Gasteiger partial charge on any atom is -0.461 e. The van der Waals surface area contributed by atoms with Crippen molar-refractivity contribution in [2.75, 3.05) is 46.8 Å². The molecule has 2 unspecified atom stereocenters. The molecule has 2 N–H and O–H groups in total. The zero-order chi connectivity index (χ0) is 24.6. The minimum atomic E-state index is -0.765. The predicted octanol–water partition coefficient (Wildman–Crippen LogP) is -0.0200. The second-order valence-corrected chi connectivity index (χ2v) is 7.76. The van der Waals surface area contributed by atoms with Crippen LogP contribution in [0.5, 0.6) is 0 Å². The summed E-state index contributed by atoms with van der Waals surface area (Å²) in [4.78, 5) is 27.4. The van der Waals surface area contributed by atoms with Gasteiger partial charge < -0.3 is 38.9 Å². The van der Waals surface area contributed by atoms with Crippen molar-refractivity contribution in [3.8, 4) is 0 Å². The van der Waals surface area contributed by atoms with Crippen LogP contribution in [0.3, 0.4) is 0 Å². The van der Waals surface area contributed by atoms with Crippen LogP contribution in [0.1, 0.15) is 28.7 Å². The summed E-state index contributed by atoms with van der Waals surface area (Å²) in [5.41, 5.74) is 6.09. The average molecular weight is 492 g/mol. The Morgan fingerprint density at radius 1 is 1.03 bits per heavy atom. The zero-order valence-electron chi connectivity index (χ0n) is 19.2. The first kappa shape index (κ1) is 25.2. The summed E-state index contributed by atoms with van der Waals surface area (Å²) in [5.74, 6) is -1.47. The lowest BCUT2D eigenvalue weighted by Crippen LogP contribution is -2.33. The van der Waals surface area contributed by atoms with Gasteiger partial charge >= 0.3 is 5.97 Å². The van der Waals surface area contributed by atoms with Gasteiger partial charge in [0.25, 0.3) is 5.91 Å². The molecular formula is C22H28N4O9. The van der Waals surface area contributed by atoms with Crippen molar-refractivity contribution in [3.05, 3.63) is 48.0 Å². The Balaban J connectivity index is 1.34. The number of carbonyl (C=O) groups is 2. The van der Waals surface area contributed by atoms with Gasteiger partial charge in [0.2, 0.25) is 5.82 Å². The molecule has 0 aliphatic carbocycles. The molecule has 5 atom stereocenters. The molecule has 0 bridgehead atoms. The SMILES string of the molecule is COCCOCCOCC(=O)OC[C@H]1O[C@@H](n2cnc(C(N)=O)n2)[C@@H]2OC(c3ccccc3)OC21. The summed E-state index contributed by atoms with van der Waals surface area (Å²) >= 11 is 0. The third kappa shape index (κ3) is 6.39. The maximum Gasteiger partial charge on any atom is 0.332 e. The lowest BCUT2D eigenvalue weighted by molar-refractivity contribution is -0.170. The first-order valence-electron chi connectivity index (χ1n) is 11.1. The third-order valence-electron chi connectivity index (χ3n) is 5.34. The van der Waals surface area contributed by atoms with Crippen LogP contribution in [0, 0.1) is 0 Å². The number of hydrogen-bond donors (Lipinski definition) is 1. The van der Waals surface area contributed by atoms with E-state index in [0.717, 1.165) is 5.56 Å². The number of hydrogen-bond acceptors (Lipinski definition) is 11. The van der Waals surface area contributed by atoms with Crippen LogP contribution in [-0.2, 0) is 38.0 Å².